The highest BCUT2D eigenvalue weighted by Crippen LogP contribution is 2.32. The van der Waals surface area contributed by atoms with Crippen LogP contribution < -0.4 is 5.32 Å². The van der Waals surface area contributed by atoms with Crippen molar-refractivity contribution in [3.8, 4) is 6.07 Å². The zero-order chi connectivity index (χ0) is 13.4. The van der Waals surface area contributed by atoms with Crippen LogP contribution in [0.25, 0.3) is 0 Å². The number of halogens is 1. The molecule has 1 aromatic rings. The maximum Gasteiger partial charge on any atom is 0.230 e. The van der Waals surface area contributed by atoms with Gasteiger partial charge in [-0.1, -0.05) is 29.8 Å². The van der Waals surface area contributed by atoms with Crippen LogP contribution in [0.3, 0.4) is 0 Å². The van der Waals surface area contributed by atoms with Crippen LogP contribution in [0, 0.1) is 11.3 Å². The van der Waals surface area contributed by atoms with Crippen molar-refractivity contribution in [1.82, 2.24) is 5.32 Å². The van der Waals surface area contributed by atoms with Gasteiger partial charge in [-0.15, -0.1) is 11.8 Å². The molecule has 1 rings (SSSR count). The summed E-state index contributed by atoms with van der Waals surface area (Å²) in [4.78, 5) is 11.5. The predicted octanol–water partition coefficient (Wildman–Crippen LogP) is 3.16. The molecule has 0 spiro atoms. The Balaban J connectivity index is 2.38. The van der Waals surface area contributed by atoms with Crippen molar-refractivity contribution in [2.45, 2.75) is 18.6 Å². The predicted molar refractivity (Wildman–Crippen MR) is 75.6 cm³/mol. The fourth-order valence-corrected chi connectivity index (χ4v) is 2.66. The number of amides is 1. The molecule has 5 heteroatoms. The maximum absolute atomic E-state index is 11.5. The van der Waals surface area contributed by atoms with Crippen molar-refractivity contribution in [3.05, 3.63) is 34.9 Å². The highest BCUT2D eigenvalue weighted by atomic mass is 35.5. The van der Waals surface area contributed by atoms with Crippen LogP contribution >= 0.6 is 23.4 Å². The van der Waals surface area contributed by atoms with Gasteiger partial charge in [0.25, 0.3) is 0 Å². The van der Waals surface area contributed by atoms with Crippen LogP contribution in [-0.4, -0.2) is 18.2 Å². The Bertz CT molecular complexity index is 445. The van der Waals surface area contributed by atoms with Gasteiger partial charge in [-0.2, -0.15) is 5.26 Å². The molecule has 0 saturated carbocycles. The molecule has 3 nitrogen and oxygen atoms in total. The second kappa shape index (κ2) is 8.02. The Labute approximate surface area is 117 Å². The molecule has 0 aliphatic heterocycles. The standard InChI is InChI=1S/C13H15ClN2OS/c1-10(11-5-2-3-6-12(11)14)18-9-13(17)16-8-4-7-15/h2-3,5-6,10H,4,8-9H2,1H3,(H,16,17). The van der Waals surface area contributed by atoms with Crippen molar-refractivity contribution >= 4 is 29.3 Å². The van der Waals surface area contributed by atoms with E-state index in [0.717, 1.165) is 10.6 Å². The number of rotatable bonds is 6. The monoisotopic (exact) mass is 282 g/mol. The quantitative estimate of drug-likeness (QED) is 0.816. The first-order valence-electron chi connectivity index (χ1n) is 5.65. The van der Waals surface area contributed by atoms with Gasteiger partial charge in [0.2, 0.25) is 5.91 Å². The first-order chi connectivity index (χ1) is 8.65. The van der Waals surface area contributed by atoms with E-state index in [9.17, 15) is 4.79 Å². The van der Waals surface area contributed by atoms with E-state index >= 15 is 0 Å². The SMILES string of the molecule is CC(SCC(=O)NCCC#N)c1ccccc1Cl. The third-order valence-corrected chi connectivity index (χ3v) is 3.89. The number of carbonyl (C=O) groups excluding carboxylic acids is 1. The molecular formula is C13H15ClN2OS. The van der Waals surface area contributed by atoms with Gasteiger partial charge in [-0.3, -0.25) is 4.79 Å². The summed E-state index contributed by atoms with van der Waals surface area (Å²) in [6, 6.07) is 9.62. The molecule has 0 aliphatic carbocycles. The summed E-state index contributed by atoms with van der Waals surface area (Å²) in [5.41, 5.74) is 1.04. The highest BCUT2D eigenvalue weighted by molar-refractivity contribution is 8.00. The van der Waals surface area contributed by atoms with Crippen molar-refractivity contribution in [3.63, 3.8) is 0 Å². The van der Waals surface area contributed by atoms with Gasteiger partial charge in [0, 0.05) is 16.8 Å². The summed E-state index contributed by atoms with van der Waals surface area (Å²) in [5.74, 6) is 0.326. The van der Waals surface area contributed by atoms with Crippen molar-refractivity contribution in [1.29, 1.82) is 5.26 Å². The van der Waals surface area contributed by atoms with Crippen LogP contribution in [0.2, 0.25) is 5.02 Å². The number of thioether (sulfide) groups is 1. The Morgan fingerprint density at radius 1 is 1.56 bits per heavy atom. The number of hydrogen-bond donors (Lipinski definition) is 1. The summed E-state index contributed by atoms with van der Waals surface area (Å²) < 4.78 is 0. The van der Waals surface area contributed by atoms with Gasteiger partial charge >= 0.3 is 0 Å². The van der Waals surface area contributed by atoms with E-state index in [2.05, 4.69) is 5.32 Å². The fraction of sp³-hybridized carbons (Fsp3) is 0.385. The number of nitriles is 1. The molecule has 0 fully saturated rings. The third-order valence-electron chi connectivity index (χ3n) is 2.37. The Morgan fingerprint density at radius 2 is 2.28 bits per heavy atom. The lowest BCUT2D eigenvalue weighted by Gasteiger charge is -2.12. The fourth-order valence-electron chi connectivity index (χ4n) is 1.40. The van der Waals surface area contributed by atoms with Crippen molar-refractivity contribution < 1.29 is 4.79 Å². The molecule has 1 unspecified atom stereocenters. The smallest absolute Gasteiger partial charge is 0.230 e. The molecule has 0 aliphatic rings. The molecule has 1 N–H and O–H groups in total. The van der Waals surface area contributed by atoms with Gasteiger partial charge in [-0.25, -0.2) is 0 Å². The Morgan fingerprint density at radius 3 is 2.94 bits per heavy atom. The molecule has 1 atom stereocenters. The van der Waals surface area contributed by atoms with Crippen LogP contribution in [0.5, 0.6) is 0 Å². The molecule has 0 aromatic heterocycles. The summed E-state index contributed by atoms with van der Waals surface area (Å²) in [5, 5.41) is 11.9. The molecule has 0 radical (unpaired) electrons. The summed E-state index contributed by atoms with van der Waals surface area (Å²) in [6.07, 6.45) is 0.344. The third kappa shape index (κ3) is 4.99. The van der Waals surface area contributed by atoms with Crippen LogP contribution in [0.1, 0.15) is 24.2 Å². The number of benzene rings is 1. The van der Waals surface area contributed by atoms with E-state index in [-0.39, 0.29) is 11.2 Å². The lowest BCUT2D eigenvalue weighted by Crippen LogP contribution is -2.26. The number of hydrogen-bond acceptors (Lipinski definition) is 3. The van der Waals surface area contributed by atoms with E-state index in [0.29, 0.717) is 18.7 Å². The molecule has 0 bridgehead atoms. The Hall–Kier alpha value is -1.18. The number of nitrogens with zero attached hydrogens (tertiary/aromatic N) is 1. The molecular weight excluding hydrogens is 268 g/mol. The van der Waals surface area contributed by atoms with E-state index in [1.54, 1.807) is 0 Å². The molecule has 0 saturated heterocycles. The molecule has 1 aromatic carbocycles. The second-order valence-corrected chi connectivity index (χ2v) is 5.47. The van der Waals surface area contributed by atoms with E-state index < -0.39 is 0 Å². The summed E-state index contributed by atoms with van der Waals surface area (Å²) >= 11 is 7.62. The summed E-state index contributed by atoms with van der Waals surface area (Å²) in [6.45, 7) is 2.44. The number of carbonyl (C=O) groups is 1. The van der Waals surface area contributed by atoms with Gasteiger partial charge in [-0.05, 0) is 18.6 Å². The van der Waals surface area contributed by atoms with Gasteiger partial charge in [0.05, 0.1) is 18.2 Å². The normalized spacial score (nSPS) is 11.6. The van der Waals surface area contributed by atoms with Gasteiger partial charge in [0.15, 0.2) is 0 Å². The molecule has 1 amide bonds. The van der Waals surface area contributed by atoms with E-state index in [1.165, 1.54) is 11.8 Å². The minimum atomic E-state index is -0.0471. The van der Waals surface area contributed by atoms with Crippen LogP contribution in [0.15, 0.2) is 24.3 Å². The van der Waals surface area contributed by atoms with E-state index in [1.807, 2.05) is 37.3 Å². The first-order valence-corrected chi connectivity index (χ1v) is 7.07. The highest BCUT2D eigenvalue weighted by Gasteiger charge is 2.11. The zero-order valence-corrected chi connectivity index (χ0v) is 11.7. The molecule has 18 heavy (non-hydrogen) atoms. The number of nitrogens with one attached hydrogen (secondary N) is 1. The maximum atomic E-state index is 11.5. The van der Waals surface area contributed by atoms with Gasteiger partial charge in [0.1, 0.15) is 0 Å². The van der Waals surface area contributed by atoms with Crippen molar-refractivity contribution in [2.75, 3.05) is 12.3 Å². The minimum absolute atomic E-state index is 0.0471. The summed E-state index contributed by atoms with van der Waals surface area (Å²) in [7, 11) is 0. The lowest BCUT2D eigenvalue weighted by molar-refractivity contribution is -0.118. The van der Waals surface area contributed by atoms with Gasteiger partial charge < -0.3 is 5.32 Å². The Kier molecular flexibility index (Phi) is 6.63. The minimum Gasteiger partial charge on any atom is -0.354 e. The van der Waals surface area contributed by atoms with Crippen LogP contribution in [-0.2, 0) is 4.79 Å². The zero-order valence-electron chi connectivity index (χ0n) is 10.1. The van der Waals surface area contributed by atoms with E-state index in [4.69, 9.17) is 16.9 Å². The van der Waals surface area contributed by atoms with Crippen molar-refractivity contribution in [2.24, 2.45) is 0 Å². The largest absolute Gasteiger partial charge is 0.354 e. The average Bonchev–Trinajstić information content (AvgIpc) is 2.37. The average molecular weight is 283 g/mol. The van der Waals surface area contributed by atoms with Crippen LogP contribution in [0.4, 0.5) is 0 Å². The molecule has 0 heterocycles. The topological polar surface area (TPSA) is 52.9 Å². The molecule has 96 valence electrons. The second-order valence-electron chi connectivity index (χ2n) is 3.73. The first kappa shape index (κ1) is 14.9. The lowest BCUT2D eigenvalue weighted by atomic mass is 10.2.